The second-order valence-corrected chi connectivity index (χ2v) is 7.54. The molecule has 1 aliphatic heterocycles. The third-order valence-corrected chi connectivity index (χ3v) is 5.34. The van der Waals surface area contributed by atoms with Crippen molar-refractivity contribution in [2.24, 2.45) is 0 Å². The Balaban J connectivity index is 1.70. The van der Waals surface area contributed by atoms with E-state index in [4.69, 9.17) is 14.6 Å². The lowest BCUT2D eigenvalue weighted by atomic mass is 10.1. The van der Waals surface area contributed by atoms with Crippen molar-refractivity contribution in [3.8, 4) is 5.75 Å². The zero-order chi connectivity index (χ0) is 19.4. The summed E-state index contributed by atoms with van der Waals surface area (Å²) in [5.74, 6) is -0.565. The number of aliphatic carboxylic acids is 1. The Morgan fingerprint density at radius 3 is 2.89 bits per heavy atom. The molecule has 1 aliphatic rings. The minimum atomic E-state index is -0.926. The number of methoxy groups -OCH3 is 1. The number of carboxylic acids is 1. The van der Waals surface area contributed by atoms with Crippen LogP contribution in [-0.2, 0) is 16.1 Å². The molecular formula is C19H22N2O5S. The number of hydrogen-bond donors (Lipinski definition) is 1. The van der Waals surface area contributed by atoms with Gasteiger partial charge in [0, 0.05) is 30.6 Å². The first kappa shape index (κ1) is 19.3. The van der Waals surface area contributed by atoms with E-state index in [2.05, 4.69) is 4.98 Å². The summed E-state index contributed by atoms with van der Waals surface area (Å²) in [6.45, 7) is 2.65. The van der Waals surface area contributed by atoms with Gasteiger partial charge in [0.15, 0.2) is 0 Å². The number of rotatable bonds is 7. The lowest BCUT2D eigenvalue weighted by Crippen LogP contribution is -2.37. The van der Waals surface area contributed by atoms with E-state index in [1.165, 1.54) is 0 Å². The Morgan fingerprint density at radius 1 is 1.41 bits per heavy atom. The summed E-state index contributed by atoms with van der Waals surface area (Å²) in [7, 11) is 1.57. The molecule has 0 radical (unpaired) electrons. The third-order valence-electron chi connectivity index (χ3n) is 4.51. The number of carbonyl (C=O) groups excluding carboxylic acids is 1. The maximum Gasteiger partial charge on any atom is 0.305 e. The molecule has 1 amide bonds. The standard InChI is InChI=1S/C19H22N2O5S/c1-12-20-14(11-27-12)10-26-16-5-3-4-13(6-16)19(24)21-9-17(25-2)7-15(21)8-18(22)23/h3-6,11,15,17H,7-10H2,1-2H3,(H,22,23). The molecule has 2 atom stereocenters. The maximum atomic E-state index is 12.9. The molecule has 3 rings (SSSR count). The molecule has 27 heavy (non-hydrogen) atoms. The van der Waals surface area contributed by atoms with Crippen LogP contribution in [0.3, 0.4) is 0 Å². The van der Waals surface area contributed by atoms with Crippen LogP contribution in [0.2, 0.25) is 0 Å². The zero-order valence-electron chi connectivity index (χ0n) is 15.3. The van der Waals surface area contributed by atoms with Crippen molar-refractivity contribution in [1.29, 1.82) is 0 Å². The Morgan fingerprint density at radius 2 is 2.22 bits per heavy atom. The van der Waals surface area contributed by atoms with Crippen LogP contribution in [0.15, 0.2) is 29.6 Å². The van der Waals surface area contributed by atoms with Crippen LogP contribution >= 0.6 is 11.3 Å². The van der Waals surface area contributed by atoms with E-state index >= 15 is 0 Å². The average molecular weight is 390 g/mol. The highest BCUT2D eigenvalue weighted by Gasteiger charge is 2.37. The second-order valence-electron chi connectivity index (χ2n) is 6.48. The van der Waals surface area contributed by atoms with Gasteiger partial charge in [-0.15, -0.1) is 11.3 Å². The lowest BCUT2D eigenvalue weighted by Gasteiger charge is -2.23. The first-order valence-corrected chi connectivity index (χ1v) is 9.53. The van der Waals surface area contributed by atoms with E-state index in [1.807, 2.05) is 12.3 Å². The van der Waals surface area contributed by atoms with E-state index in [9.17, 15) is 9.59 Å². The zero-order valence-corrected chi connectivity index (χ0v) is 16.1. The number of carbonyl (C=O) groups is 2. The van der Waals surface area contributed by atoms with Crippen molar-refractivity contribution in [2.75, 3.05) is 13.7 Å². The first-order valence-electron chi connectivity index (χ1n) is 8.65. The molecule has 0 bridgehead atoms. The molecule has 0 spiro atoms. The average Bonchev–Trinajstić information content (AvgIpc) is 3.25. The number of aryl methyl sites for hydroxylation is 1. The number of nitrogens with zero attached hydrogens (tertiary/aromatic N) is 2. The molecule has 1 N–H and O–H groups in total. The predicted molar refractivity (Wildman–Crippen MR) is 100 cm³/mol. The molecule has 1 saturated heterocycles. The molecule has 0 saturated carbocycles. The summed E-state index contributed by atoms with van der Waals surface area (Å²) in [5, 5.41) is 12.0. The minimum Gasteiger partial charge on any atom is -0.487 e. The number of thiazole rings is 1. The van der Waals surface area contributed by atoms with Gasteiger partial charge < -0.3 is 19.5 Å². The number of benzene rings is 1. The van der Waals surface area contributed by atoms with Gasteiger partial charge in [0.05, 0.1) is 23.2 Å². The number of carboxylic acid groups (broad SMARTS) is 1. The summed E-state index contributed by atoms with van der Waals surface area (Å²) in [5.41, 5.74) is 1.31. The molecular weight excluding hydrogens is 368 g/mol. The van der Waals surface area contributed by atoms with Crippen LogP contribution < -0.4 is 4.74 Å². The van der Waals surface area contributed by atoms with Crippen LogP contribution in [0.25, 0.3) is 0 Å². The molecule has 1 aromatic heterocycles. The SMILES string of the molecule is COC1CC(CC(=O)O)N(C(=O)c2cccc(OCc3csc(C)n3)c2)C1. The molecule has 7 nitrogen and oxygen atoms in total. The second kappa shape index (κ2) is 8.49. The van der Waals surface area contributed by atoms with E-state index < -0.39 is 5.97 Å². The van der Waals surface area contributed by atoms with Crippen molar-refractivity contribution in [3.63, 3.8) is 0 Å². The van der Waals surface area contributed by atoms with Gasteiger partial charge in [-0.25, -0.2) is 4.98 Å². The minimum absolute atomic E-state index is 0.0923. The van der Waals surface area contributed by atoms with E-state index in [1.54, 1.807) is 47.6 Å². The Hall–Kier alpha value is -2.45. The Labute approximate surface area is 161 Å². The molecule has 144 valence electrons. The largest absolute Gasteiger partial charge is 0.487 e. The summed E-state index contributed by atoms with van der Waals surface area (Å²) in [4.78, 5) is 30.0. The van der Waals surface area contributed by atoms with Crippen molar-refractivity contribution < 1.29 is 24.2 Å². The molecule has 2 aromatic rings. The summed E-state index contributed by atoms with van der Waals surface area (Å²) < 4.78 is 11.1. The van der Waals surface area contributed by atoms with Crippen molar-refractivity contribution in [1.82, 2.24) is 9.88 Å². The van der Waals surface area contributed by atoms with Crippen LogP contribution in [0.4, 0.5) is 0 Å². The normalized spacial score (nSPS) is 19.3. The smallest absolute Gasteiger partial charge is 0.305 e. The first-order chi connectivity index (χ1) is 13.0. The van der Waals surface area contributed by atoms with Crippen molar-refractivity contribution >= 4 is 23.2 Å². The van der Waals surface area contributed by atoms with Crippen LogP contribution in [-0.4, -0.2) is 52.7 Å². The Bertz CT molecular complexity index is 822. The van der Waals surface area contributed by atoms with Crippen molar-refractivity contribution in [3.05, 3.63) is 45.9 Å². The molecule has 1 fully saturated rings. The van der Waals surface area contributed by atoms with E-state index in [0.717, 1.165) is 10.7 Å². The van der Waals surface area contributed by atoms with Gasteiger partial charge in [-0.1, -0.05) is 6.07 Å². The van der Waals surface area contributed by atoms with Gasteiger partial charge in [0.2, 0.25) is 0 Å². The molecule has 1 aromatic carbocycles. The third kappa shape index (κ3) is 4.84. The fourth-order valence-corrected chi connectivity index (χ4v) is 3.80. The molecule has 2 unspecified atom stereocenters. The van der Waals surface area contributed by atoms with Gasteiger partial charge in [-0.05, 0) is 31.5 Å². The summed E-state index contributed by atoms with van der Waals surface area (Å²) in [6, 6.07) is 6.56. The van der Waals surface area contributed by atoms with Crippen LogP contribution in [0.1, 0.15) is 33.9 Å². The van der Waals surface area contributed by atoms with E-state index in [-0.39, 0.29) is 24.5 Å². The highest BCUT2D eigenvalue weighted by atomic mass is 32.1. The molecule has 2 heterocycles. The lowest BCUT2D eigenvalue weighted by molar-refractivity contribution is -0.138. The summed E-state index contributed by atoms with van der Waals surface area (Å²) in [6.07, 6.45) is 0.282. The number of amides is 1. The highest BCUT2D eigenvalue weighted by Crippen LogP contribution is 2.26. The van der Waals surface area contributed by atoms with Gasteiger partial charge in [0.25, 0.3) is 5.91 Å². The summed E-state index contributed by atoms with van der Waals surface area (Å²) >= 11 is 1.56. The van der Waals surface area contributed by atoms with Crippen molar-refractivity contribution in [2.45, 2.75) is 38.5 Å². The van der Waals surface area contributed by atoms with Crippen LogP contribution in [0.5, 0.6) is 5.75 Å². The quantitative estimate of drug-likeness (QED) is 0.782. The number of aromatic nitrogens is 1. The van der Waals surface area contributed by atoms with E-state index in [0.29, 0.717) is 30.9 Å². The van der Waals surface area contributed by atoms with Gasteiger partial charge in [-0.2, -0.15) is 0 Å². The molecule has 8 heteroatoms. The predicted octanol–water partition coefficient (Wildman–Crippen LogP) is 2.73. The fraction of sp³-hybridized carbons (Fsp3) is 0.421. The Kier molecular flexibility index (Phi) is 6.08. The number of hydrogen-bond acceptors (Lipinski definition) is 6. The fourth-order valence-electron chi connectivity index (χ4n) is 3.20. The topological polar surface area (TPSA) is 89.0 Å². The molecule has 0 aliphatic carbocycles. The monoisotopic (exact) mass is 390 g/mol. The number of ether oxygens (including phenoxy) is 2. The van der Waals surface area contributed by atoms with Gasteiger partial charge >= 0.3 is 5.97 Å². The van der Waals surface area contributed by atoms with Gasteiger partial charge in [0.1, 0.15) is 12.4 Å². The number of likely N-dealkylation sites (tertiary alicyclic amines) is 1. The maximum absolute atomic E-state index is 12.9. The highest BCUT2D eigenvalue weighted by molar-refractivity contribution is 7.09. The van der Waals surface area contributed by atoms with Crippen LogP contribution in [0, 0.1) is 6.92 Å². The van der Waals surface area contributed by atoms with Gasteiger partial charge in [-0.3, -0.25) is 9.59 Å².